The molecule has 0 unspecified atom stereocenters. The molecule has 1 atom stereocenters. The average Bonchev–Trinajstić information content (AvgIpc) is 2.63. The predicted molar refractivity (Wildman–Crippen MR) is 55.9 cm³/mol. The molecule has 18 heavy (non-hydrogen) atoms. The van der Waals surface area contributed by atoms with Gasteiger partial charge in [-0.1, -0.05) is 0 Å². The number of nitrogens with one attached hydrogen (secondary N) is 1. The molecule has 2 rings (SSSR count). The van der Waals surface area contributed by atoms with Crippen LogP contribution in [-0.4, -0.2) is 12.7 Å². The van der Waals surface area contributed by atoms with Gasteiger partial charge in [0.1, 0.15) is 12.4 Å². The third kappa shape index (κ3) is 2.84. The van der Waals surface area contributed by atoms with Gasteiger partial charge in [0.05, 0.1) is 11.6 Å². The number of alkyl carbamates (subject to hydrolysis) is 1. The minimum absolute atomic E-state index is 0. The number of hydrogen-bond acceptors (Lipinski definition) is 2. The molecular formula is C10H8ClF4NO2. The van der Waals surface area contributed by atoms with E-state index in [1.165, 1.54) is 0 Å². The van der Waals surface area contributed by atoms with Crippen LogP contribution in [0, 0.1) is 5.82 Å². The highest BCUT2D eigenvalue weighted by molar-refractivity contribution is 5.85. The highest BCUT2D eigenvalue weighted by Crippen LogP contribution is 2.32. The second-order valence-electron chi connectivity index (χ2n) is 3.53. The van der Waals surface area contributed by atoms with E-state index in [1.54, 1.807) is 0 Å². The van der Waals surface area contributed by atoms with Gasteiger partial charge in [-0.2, -0.15) is 13.2 Å². The second kappa shape index (κ2) is 5.01. The van der Waals surface area contributed by atoms with Crippen molar-refractivity contribution in [3.63, 3.8) is 0 Å². The van der Waals surface area contributed by atoms with Crippen molar-refractivity contribution in [3.05, 3.63) is 35.1 Å². The first-order valence-corrected chi connectivity index (χ1v) is 4.68. The highest BCUT2D eigenvalue weighted by atomic mass is 35.5. The zero-order valence-corrected chi connectivity index (χ0v) is 9.57. The van der Waals surface area contributed by atoms with Crippen LogP contribution < -0.4 is 5.32 Å². The Balaban J connectivity index is 0.00000162. The third-order valence-corrected chi connectivity index (χ3v) is 2.37. The van der Waals surface area contributed by atoms with E-state index in [9.17, 15) is 22.4 Å². The van der Waals surface area contributed by atoms with Gasteiger partial charge in [0, 0.05) is 5.56 Å². The van der Waals surface area contributed by atoms with E-state index in [4.69, 9.17) is 0 Å². The first-order valence-electron chi connectivity index (χ1n) is 4.68. The van der Waals surface area contributed by atoms with E-state index >= 15 is 0 Å². The van der Waals surface area contributed by atoms with Gasteiger partial charge >= 0.3 is 12.3 Å². The van der Waals surface area contributed by atoms with Crippen molar-refractivity contribution < 1.29 is 27.1 Å². The second-order valence-corrected chi connectivity index (χ2v) is 3.53. The molecule has 1 N–H and O–H groups in total. The van der Waals surface area contributed by atoms with Crippen molar-refractivity contribution in [3.8, 4) is 0 Å². The van der Waals surface area contributed by atoms with Gasteiger partial charge in [-0.3, -0.25) is 0 Å². The zero-order valence-electron chi connectivity index (χ0n) is 8.75. The van der Waals surface area contributed by atoms with Crippen molar-refractivity contribution in [1.29, 1.82) is 0 Å². The van der Waals surface area contributed by atoms with Crippen LogP contribution in [0.1, 0.15) is 17.2 Å². The Morgan fingerprint density at radius 3 is 2.50 bits per heavy atom. The summed E-state index contributed by atoms with van der Waals surface area (Å²) in [5.74, 6) is -0.811. The predicted octanol–water partition coefficient (Wildman–Crippen LogP) is 3.05. The van der Waals surface area contributed by atoms with Crippen molar-refractivity contribution >= 4 is 18.5 Å². The van der Waals surface area contributed by atoms with E-state index in [-0.39, 0.29) is 24.6 Å². The molecule has 1 aliphatic rings. The van der Waals surface area contributed by atoms with Crippen LogP contribution in [0.3, 0.4) is 0 Å². The van der Waals surface area contributed by atoms with Crippen molar-refractivity contribution in [2.24, 2.45) is 0 Å². The smallest absolute Gasteiger partial charge is 0.416 e. The van der Waals surface area contributed by atoms with E-state index in [0.29, 0.717) is 12.1 Å². The summed E-state index contributed by atoms with van der Waals surface area (Å²) < 4.78 is 55.1. The molecule has 1 aromatic carbocycles. The molecule has 0 saturated carbocycles. The fourth-order valence-electron chi connectivity index (χ4n) is 1.54. The van der Waals surface area contributed by atoms with Gasteiger partial charge in [0.25, 0.3) is 0 Å². The molecule has 100 valence electrons. The Labute approximate surface area is 106 Å². The molecule has 1 aliphatic heterocycles. The van der Waals surface area contributed by atoms with Crippen LogP contribution >= 0.6 is 12.4 Å². The molecule has 0 bridgehead atoms. The van der Waals surface area contributed by atoms with E-state index < -0.39 is 29.7 Å². The Morgan fingerprint density at radius 2 is 2.00 bits per heavy atom. The standard InChI is InChI=1S/C10H7F4NO2.ClH/c11-7-2-1-5(10(12,13)14)3-6(7)8-4-17-9(16)15-8;/h1-3,8H,4H2,(H,15,16);1H/t8-;/m0./s1. The Hall–Kier alpha value is -1.50. The summed E-state index contributed by atoms with van der Waals surface area (Å²) in [4.78, 5) is 10.7. The Morgan fingerprint density at radius 1 is 1.33 bits per heavy atom. The Bertz CT molecular complexity index is 464. The van der Waals surface area contributed by atoms with Gasteiger partial charge in [-0.15, -0.1) is 12.4 Å². The number of hydrogen-bond donors (Lipinski definition) is 1. The molecule has 1 saturated heterocycles. The lowest BCUT2D eigenvalue weighted by Gasteiger charge is -2.12. The van der Waals surface area contributed by atoms with Crippen molar-refractivity contribution in [2.45, 2.75) is 12.2 Å². The van der Waals surface area contributed by atoms with Crippen molar-refractivity contribution in [1.82, 2.24) is 5.32 Å². The number of ether oxygens (including phenoxy) is 1. The van der Waals surface area contributed by atoms with Crippen LogP contribution in [-0.2, 0) is 10.9 Å². The molecule has 3 nitrogen and oxygen atoms in total. The number of halogens is 5. The first kappa shape index (κ1) is 14.6. The summed E-state index contributed by atoms with van der Waals surface area (Å²) in [6.45, 7) is -0.183. The lowest BCUT2D eigenvalue weighted by Crippen LogP contribution is -2.20. The number of carbonyl (C=O) groups excluding carboxylic acids is 1. The molecule has 0 radical (unpaired) electrons. The summed E-state index contributed by atoms with van der Waals surface area (Å²) in [6, 6.07) is 1.17. The number of alkyl halides is 3. The van der Waals surface area contributed by atoms with E-state index in [0.717, 1.165) is 6.07 Å². The number of carbonyl (C=O) groups is 1. The summed E-state index contributed by atoms with van der Waals surface area (Å²) in [7, 11) is 0. The maximum absolute atomic E-state index is 13.4. The quantitative estimate of drug-likeness (QED) is 0.806. The minimum atomic E-state index is -4.55. The zero-order chi connectivity index (χ0) is 12.6. The number of benzene rings is 1. The minimum Gasteiger partial charge on any atom is -0.447 e. The Kier molecular flexibility index (Phi) is 4.05. The molecule has 1 aromatic rings. The van der Waals surface area contributed by atoms with Crippen LogP contribution in [0.2, 0.25) is 0 Å². The summed E-state index contributed by atoms with van der Waals surface area (Å²) in [6.07, 6.45) is -5.32. The lowest BCUT2D eigenvalue weighted by atomic mass is 10.0. The monoisotopic (exact) mass is 285 g/mol. The maximum Gasteiger partial charge on any atom is 0.416 e. The van der Waals surface area contributed by atoms with Gasteiger partial charge in [-0.05, 0) is 18.2 Å². The van der Waals surface area contributed by atoms with Gasteiger partial charge < -0.3 is 10.1 Å². The molecule has 1 amide bonds. The van der Waals surface area contributed by atoms with Crippen LogP contribution in [0.15, 0.2) is 18.2 Å². The topological polar surface area (TPSA) is 38.3 Å². The molecule has 0 aromatic heterocycles. The maximum atomic E-state index is 13.4. The molecule has 0 spiro atoms. The molecule has 0 aliphatic carbocycles. The fraction of sp³-hybridized carbons (Fsp3) is 0.300. The third-order valence-electron chi connectivity index (χ3n) is 2.37. The SMILES string of the molecule is Cl.O=C1N[C@H](c2cc(C(F)(F)F)ccc2F)CO1. The molecule has 1 fully saturated rings. The summed E-state index contributed by atoms with van der Waals surface area (Å²) >= 11 is 0. The van der Waals surface area contributed by atoms with Crippen molar-refractivity contribution in [2.75, 3.05) is 6.61 Å². The average molecular weight is 286 g/mol. The van der Waals surface area contributed by atoms with Crippen LogP contribution in [0.25, 0.3) is 0 Å². The van der Waals surface area contributed by atoms with E-state index in [2.05, 4.69) is 10.1 Å². The van der Waals surface area contributed by atoms with Crippen LogP contribution in [0.4, 0.5) is 22.4 Å². The largest absolute Gasteiger partial charge is 0.447 e. The number of amides is 1. The summed E-state index contributed by atoms with van der Waals surface area (Å²) in [5, 5.41) is 2.22. The fourth-order valence-corrected chi connectivity index (χ4v) is 1.54. The van der Waals surface area contributed by atoms with Gasteiger partial charge in [-0.25, -0.2) is 9.18 Å². The van der Waals surface area contributed by atoms with Crippen LogP contribution in [0.5, 0.6) is 0 Å². The van der Waals surface area contributed by atoms with E-state index in [1.807, 2.05) is 0 Å². The number of rotatable bonds is 1. The van der Waals surface area contributed by atoms with Gasteiger partial charge in [0.15, 0.2) is 0 Å². The summed E-state index contributed by atoms with van der Waals surface area (Å²) in [5.41, 5.74) is -1.19. The van der Waals surface area contributed by atoms with Gasteiger partial charge in [0.2, 0.25) is 0 Å². The molecule has 8 heteroatoms. The molecular weight excluding hydrogens is 278 g/mol. The normalized spacial score (nSPS) is 18.9. The molecule has 1 heterocycles. The first-order chi connectivity index (χ1) is 7.88. The lowest BCUT2D eigenvalue weighted by molar-refractivity contribution is -0.137. The highest BCUT2D eigenvalue weighted by Gasteiger charge is 2.33. The number of cyclic esters (lactones) is 1.